The lowest BCUT2D eigenvalue weighted by Gasteiger charge is -2.30. The van der Waals surface area contributed by atoms with Crippen LogP contribution in [0.15, 0.2) is 60.7 Å². The molecule has 0 spiro atoms. The maximum absolute atomic E-state index is 14.0. The number of Topliss-reactive ketones (excluding diaryl/α,β-unsaturated/α-hetero) is 1. The first-order chi connectivity index (χ1) is 28.0. The van der Waals surface area contributed by atoms with E-state index >= 15 is 0 Å². The number of hydrogen-bond donors (Lipinski definition) is 5. The topological polar surface area (TPSA) is 169 Å². The first-order valence-electron chi connectivity index (χ1n) is 21.4. The van der Waals surface area contributed by atoms with Crippen molar-refractivity contribution < 1.29 is 28.8 Å². The van der Waals surface area contributed by atoms with Crippen LogP contribution < -0.4 is 26.6 Å². The molecule has 2 fully saturated rings. The van der Waals surface area contributed by atoms with Gasteiger partial charge < -0.3 is 36.4 Å². The molecule has 13 heteroatoms. The molecule has 5 N–H and O–H groups in total. The Morgan fingerprint density at radius 2 is 1.10 bits per heavy atom. The van der Waals surface area contributed by atoms with Crippen molar-refractivity contribution in [3.63, 3.8) is 0 Å². The molecule has 0 aromatic heterocycles. The van der Waals surface area contributed by atoms with Crippen LogP contribution in [0.3, 0.4) is 0 Å². The summed E-state index contributed by atoms with van der Waals surface area (Å²) < 4.78 is 0. The number of ketones is 1. The smallest absolute Gasteiger partial charge is 0.245 e. The Balaban J connectivity index is 1.30. The lowest BCUT2D eigenvalue weighted by molar-refractivity contribution is -0.138. The first-order valence-corrected chi connectivity index (χ1v) is 21.4. The highest BCUT2D eigenvalue weighted by atomic mass is 16.2. The number of unbranched alkanes of at least 4 members (excludes halogenated alkanes) is 3. The summed E-state index contributed by atoms with van der Waals surface area (Å²) in [7, 11) is 3.41. The Bertz CT molecular complexity index is 1510. The summed E-state index contributed by atoms with van der Waals surface area (Å²) in [5, 5.41) is 14.9. The molecule has 2 heterocycles. The van der Waals surface area contributed by atoms with Crippen molar-refractivity contribution in [1.29, 1.82) is 0 Å². The van der Waals surface area contributed by atoms with E-state index in [-0.39, 0.29) is 53.8 Å². The summed E-state index contributed by atoms with van der Waals surface area (Å²) in [6, 6.07) is 16.7. The standard InChI is InChI=1S/C45H67N7O6/c1-32(46-3)42(55)49-39(44(57)51-27-15-21-36(51)25-26-38(53)29-34-17-9-7-10-18-34)23-13-5-6-14-24-40(50-43(56)33(2)47-4)45(58)52-28-16-22-37(52)31-48-41(54)30-35-19-11-8-12-20-35/h7-12,17-20,32-33,36-37,39-40,46-47H,5-6,13-16,21-31H2,1-4H3,(H,48,54)(H,49,55)(H,50,56)/t32-,33-,36-,37-,39-,40-/m0/s1. The molecule has 58 heavy (non-hydrogen) atoms. The first kappa shape index (κ1) is 46.1. The van der Waals surface area contributed by atoms with Gasteiger partial charge in [0.2, 0.25) is 29.5 Å². The van der Waals surface area contributed by atoms with Gasteiger partial charge in [0.05, 0.1) is 18.5 Å². The summed E-state index contributed by atoms with van der Waals surface area (Å²) in [4.78, 5) is 83.2. The summed E-state index contributed by atoms with van der Waals surface area (Å²) in [5.74, 6) is -0.658. The molecular formula is C45H67N7O6. The minimum Gasteiger partial charge on any atom is -0.354 e. The molecule has 0 unspecified atom stereocenters. The van der Waals surface area contributed by atoms with Gasteiger partial charge in [-0.15, -0.1) is 0 Å². The van der Waals surface area contributed by atoms with Crippen molar-refractivity contribution in [3.05, 3.63) is 71.8 Å². The minimum atomic E-state index is -0.702. The van der Waals surface area contributed by atoms with Gasteiger partial charge in [-0.2, -0.15) is 0 Å². The normalized spacial score (nSPS) is 18.6. The fourth-order valence-corrected chi connectivity index (χ4v) is 7.90. The summed E-state index contributed by atoms with van der Waals surface area (Å²) >= 11 is 0. The average molecular weight is 802 g/mol. The molecule has 2 aromatic carbocycles. The SMILES string of the molecule is CN[C@@H](C)C(=O)N[C@@H](CCCCCC[C@H](NC(=O)[C@H](C)NC)C(=O)N1CCC[C@H]1CNC(=O)Cc1ccccc1)C(=O)N1CCC[C@H]1CCC(=O)Cc1ccccc1. The van der Waals surface area contributed by atoms with Gasteiger partial charge in [0.25, 0.3) is 0 Å². The molecule has 4 rings (SSSR count). The zero-order valence-corrected chi connectivity index (χ0v) is 35.1. The van der Waals surface area contributed by atoms with E-state index in [1.807, 2.05) is 70.5 Å². The molecule has 0 saturated carbocycles. The van der Waals surface area contributed by atoms with E-state index in [9.17, 15) is 28.8 Å². The molecule has 0 radical (unpaired) electrons. The second kappa shape index (κ2) is 24.3. The van der Waals surface area contributed by atoms with Crippen LogP contribution in [0.4, 0.5) is 0 Å². The molecular weight excluding hydrogens is 735 g/mol. The predicted octanol–water partition coefficient (Wildman–Crippen LogP) is 3.45. The monoisotopic (exact) mass is 802 g/mol. The molecule has 2 aliphatic rings. The van der Waals surface area contributed by atoms with Crippen LogP contribution in [0.2, 0.25) is 0 Å². The van der Waals surface area contributed by atoms with E-state index in [4.69, 9.17) is 0 Å². The molecule has 5 amide bonds. The van der Waals surface area contributed by atoms with Crippen molar-refractivity contribution in [2.24, 2.45) is 0 Å². The zero-order valence-electron chi connectivity index (χ0n) is 35.1. The van der Waals surface area contributed by atoms with Crippen LogP contribution >= 0.6 is 0 Å². The van der Waals surface area contributed by atoms with Crippen molar-refractivity contribution in [2.75, 3.05) is 33.7 Å². The van der Waals surface area contributed by atoms with Crippen molar-refractivity contribution in [2.45, 2.75) is 140 Å². The summed E-state index contributed by atoms with van der Waals surface area (Å²) in [6.45, 7) is 5.05. The van der Waals surface area contributed by atoms with E-state index in [2.05, 4.69) is 26.6 Å². The van der Waals surface area contributed by atoms with Crippen LogP contribution in [-0.2, 0) is 41.6 Å². The van der Waals surface area contributed by atoms with Crippen LogP contribution in [0.25, 0.3) is 0 Å². The number of likely N-dealkylation sites (tertiary alicyclic amines) is 2. The molecule has 2 aliphatic heterocycles. The lowest BCUT2D eigenvalue weighted by atomic mass is 10.00. The molecule has 2 saturated heterocycles. The number of benzene rings is 2. The summed E-state index contributed by atoms with van der Waals surface area (Å²) in [6.07, 6.45) is 8.83. The number of carbonyl (C=O) groups excluding carboxylic acids is 6. The number of nitrogens with zero attached hydrogens (tertiary/aromatic N) is 2. The van der Waals surface area contributed by atoms with E-state index < -0.39 is 24.2 Å². The highest BCUT2D eigenvalue weighted by molar-refractivity contribution is 5.91. The molecule has 318 valence electrons. The van der Waals surface area contributed by atoms with Gasteiger partial charge in [0, 0.05) is 44.6 Å². The third-order valence-corrected chi connectivity index (χ3v) is 11.7. The van der Waals surface area contributed by atoms with Crippen LogP contribution in [0, 0.1) is 0 Å². The quantitative estimate of drug-likeness (QED) is 0.101. The van der Waals surface area contributed by atoms with Crippen LogP contribution in [-0.4, -0.2) is 115 Å². The van der Waals surface area contributed by atoms with Gasteiger partial charge in [-0.3, -0.25) is 28.8 Å². The van der Waals surface area contributed by atoms with Crippen LogP contribution in [0.5, 0.6) is 0 Å². The molecule has 0 aliphatic carbocycles. The molecule has 0 bridgehead atoms. The second-order valence-electron chi connectivity index (χ2n) is 16.0. The number of hydrogen-bond acceptors (Lipinski definition) is 8. The van der Waals surface area contributed by atoms with E-state index in [1.165, 1.54) is 0 Å². The van der Waals surface area contributed by atoms with Gasteiger partial charge in [0.1, 0.15) is 17.9 Å². The zero-order chi connectivity index (χ0) is 41.9. The second-order valence-corrected chi connectivity index (χ2v) is 16.0. The predicted molar refractivity (Wildman–Crippen MR) is 226 cm³/mol. The molecule has 2 aromatic rings. The highest BCUT2D eigenvalue weighted by Crippen LogP contribution is 2.25. The van der Waals surface area contributed by atoms with E-state index in [0.29, 0.717) is 64.6 Å². The Morgan fingerprint density at radius 3 is 1.60 bits per heavy atom. The average Bonchev–Trinajstić information content (AvgIpc) is 3.92. The largest absolute Gasteiger partial charge is 0.354 e. The van der Waals surface area contributed by atoms with E-state index in [1.54, 1.807) is 27.9 Å². The fourth-order valence-electron chi connectivity index (χ4n) is 7.90. The fraction of sp³-hybridized carbons (Fsp3) is 0.600. The Morgan fingerprint density at radius 1 is 0.638 bits per heavy atom. The molecule has 13 nitrogen and oxygen atoms in total. The third-order valence-electron chi connectivity index (χ3n) is 11.7. The van der Waals surface area contributed by atoms with Gasteiger partial charge in [-0.1, -0.05) is 86.3 Å². The Hall–Kier alpha value is -4.62. The van der Waals surface area contributed by atoms with Crippen molar-refractivity contribution in [3.8, 4) is 0 Å². The number of likely N-dealkylation sites (N-methyl/N-ethyl adjacent to an activating group) is 2. The molecule has 6 atom stereocenters. The van der Waals surface area contributed by atoms with Crippen molar-refractivity contribution >= 4 is 35.3 Å². The lowest BCUT2D eigenvalue weighted by Crippen LogP contribution is -2.54. The number of rotatable bonds is 24. The highest BCUT2D eigenvalue weighted by Gasteiger charge is 2.36. The third kappa shape index (κ3) is 14.6. The van der Waals surface area contributed by atoms with E-state index in [0.717, 1.165) is 49.7 Å². The number of carbonyl (C=O) groups is 6. The summed E-state index contributed by atoms with van der Waals surface area (Å²) in [5.41, 5.74) is 1.91. The van der Waals surface area contributed by atoms with Gasteiger partial charge in [-0.05, 0) is 84.0 Å². The minimum absolute atomic E-state index is 0.0376. The van der Waals surface area contributed by atoms with Crippen LogP contribution in [0.1, 0.15) is 102 Å². The number of amides is 5. The van der Waals surface area contributed by atoms with Gasteiger partial charge in [0.15, 0.2) is 0 Å². The van der Waals surface area contributed by atoms with Crippen molar-refractivity contribution in [1.82, 2.24) is 36.4 Å². The Labute approximate surface area is 345 Å². The number of nitrogens with one attached hydrogen (secondary N) is 5. The maximum Gasteiger partial charge on any atom is 0.245 e. The Kier molecular flexibility index (Phi) is 19.3. The van der Waals surface area contributed by atoms with Gasteiger partial charge in [-0.25, -0.2) is 0 Å². The maximum atomic E-state index is 14.0. The van der Waals surface area contributed by atoms with Gasteiger partial charge >= 0.3 is 0 Å².